The Balaban J connectivity index is 2.04. The number of rotatable bonds is 5. The number of carbonyl (C=O) groups is 2. The number of anilines is 3. The zero-order chi connectivity index (χ0) is 18.4. The molecule has 7 nitrogen and oxygen atoms in total. The zero-order valence-electron chi connectivity index (χ0n) is 14.6. The first-order valence-electron chi connectivity index (χ1n) is 7.59. The molecule has 0 saturated heterocycles. The summed E-state index contributed by atoms with van der Waals surface area (Å²) in [6, 6.07) is 11.7. The highest BCUT2D eigenvalue weighted by molar-refractivity contribution is 6.01. The van der Waals surface area contributed by atoms with E-state index < -0.39 is 6.03 Å². The van der Waals surface area contributed by atoms with Gasteiger partial charge in [0.2, 0.25) is 5.91 Å². The van der Waals surface area contributed by atoms with Gasteiger partial charge in [-0.3, -0.25) is 4.79 Å². The molecule has 0 atom stereocenters. The van der Waals surface area contributed by atoms with Gasteiger partial charge in [0.15, 0.2) is 0 Å². The first-order valence-corrected chi connectivity index (χ1v) is 7.59. The zero-order valence-corrected chi connectivity index (χ0v) is 14.6. The minimum atomic E-state index is -0.406. The van der Waals surface area contributed by atoms with Crippen LogP contribution < -0.4 is 25.0 Å². The maximum atomic E-state index is 12.2. The molecule has 2 N–H and O–H groups in total. The van der Waals surface area contributed by atoms with Gasteiger partial charge in [-0.2, -0.15) is 0 Å². The summed E-state index contributed by atoms with van der Waals surface area (Å²) >= 11 is 0. The van der Waals surface area contributed by atoms with Gasteiger partial charge in [0, 0.05) is 31.4 Å². The summed E-state index contributed by atoms with van der Waals surface area (Å²) in [4.78, 5) is 25.0. The Morgan fingerprint density at radius 3 is 2.20 bits per heavy atom. The number of methoxy groups -OCH3 is 2. The van der Waals surface area contributed by atoms with E-state index in [9.17, 15) is 9.59 Å². The monoisotopic (exact) mass is 343 g/mol. The van der Waals surface area contributed by atoms with Gasteiger partial charge < -0.3 is 25.0 Å². The summed E-state index contributed by atoms with van der Waals surface area (Å²) in [6.45, 7) is 1.49. The van der Waals surface area contributed by atoms with Gasteiger partial charge in [-0.25, -0.2) is 4.79 Å². The van der Waals surface area contributed by atoms with Gasteiger partial charge in [0.1, 0.15) is 11.5 Å². The normalized spacial score (nSPS) is 9.92. The summed E-state index contributed by atoms with van der Waals surface area (Å²) in [5, 5.41) is 5.45. The van der Waals surface area contributed by atoms with E-state index in [1.807, 2.05) is 0 Å². The number of hydrogen-bond acceptors (Lipinski definition) is 4. The molecule has 0 bridgehead atoms. The Morgan fingerprint density at radius 1 is 0.960 bits per heavy atom. The Labute approximate surface area is 146 Å². The summed E-state index contributed by atoms with van der Waals surface area (Å²) in [5.41, 5.74) is 1.87. The van der Waals surface area contributed by atoms with Crippen LogP contribution in [-0.4, -0.2) is 33.2 Å². The second-order valence-electron chi connectivity index (χ2n) is 5.27. The molecule has 0 aromatic heterocycles. The molecule has 0 saturated carbocycles. The number of carbonyl (C=O) groups excluding carboxylic acids is 2. The van der Waals surface area contributed by atoms with Crippen LogP contribution in [0.15, 0.2) is 42.5 Å². The minimum absolute atomic E-state index is 0.0648. The van der Waals surface area contributed by atoms with Crippen molar-refractivity contribution in [3.63, 3.8) is 0 Å². The van der Waals surface area contributed by atoms with Crippen LogP contribution in [0.3, 0.4) is 0 Å². The molecule has 0 aliphatic heterocycles. The van der Waals surface area contributed by atoms with Crippen LogP contribution >= 0.6 is 0 Å². The first kappa shape index (κ1) is 18.1. The summed E-state index contributed by atoms with van der Waals surface area (Å²) < 4.78 is 10.4. The van der Waals surface area contributed by atoms with Crippen molar-refractivity contribution < 1.29 is 19.1 Å². The fourth-order valence-electron chi connectivity index (χ4n) is 2.14. The lowest BCUT2D eigenvalue weighted by Gasteiger charge is -2.16. The van der Waals surface area contributed by atoms with Gasteiger partial charge >= 0.3 is 6.03 Å². The van der Waals surface area contributed by atoms with Gasteiger partial charge in [0.05, 0.1) is 19.9 Å². The molecule has 0 unspecified atom stereocenters. The van der Waals surface area contributed by atoms with Crippen molar-refractivity contribution in [1.29, 1.82) is 0 Å². The van der Waals surface area contributed by atoms with Gasteiger partial charge in [-0.05, 0) is 36.4 Å². The van der Waals surface area contributed by atoms with Gasteiger partial charge in [0.25, 0.3) is 0 Å². The number of ether oxygens (including phenoxy) is 2. The van der Waals surface area contributed by atoms with Gasteiger partial charge in [-0.1, -0.05) is 0 Å². The van der Waals surface area contributed by atoms with E-state index in [0.717, 1.165) is 5.69 Å². The van der Waals surface area contributed by atoms with E-state index >= 15 is 0 Å². The minimum Gasteiger partial charge on any atom is -0.497 e. The molecule has 132 valence electrons. The molecule has 0 heterocycles. The van der Waals surface area contributed by atoms with Crippen molar-refractivity contribution in [2.75, 3.05) is 36.8 Å². The largest absolute Gasteiger partial charge is 0.497 e. The number of nitrogens with one attached hydrogen (secondary N) is 2. The molecule has 2 aromatic carbocycles. The Kier molecular flexibility index (Phi) is 5.84. The standard InChI is InChI=1S/C18H21N3O4/c1-12(22)21(2)14-7-5-13(6-8-14)19-18(23)20-16-10-9-15(24-3)11-17(16)25-4/h5-11H,1-4H3,(H2,19,20,23). The van der Waals surface area contributed by atoms with Crippen molar-refractivity contribution in [1.82, 2.24) is 0 Å². The number of amides is 3. The molecule has 7 heteroatoms. The molecule has 2 aromatic rings. The van der Waals surface area contributed by atoms with Crippen LogP contribution in [0.25, 0.3) is 0 Å². The number of benzene rings is 2. The molecule has 25 heavy (non-hydrogen) atoms. The lowest BCUT2D eigenvalue weighted by atomic mass is 10.2. The smallest absolute Gasteiger partial charge is 0.323 e. The van der Waals surface area contributed by atoms with E-state index in [2.05, 4.69) is 10.6 Å². The Bertz CT molecular complexity index is 759. The van der Waals surface area contributed by atoms with Crippen LogP contribution in [0.1, 0.15) is 6.92 Å². The van der Waals surface area contributed by atoms with E-state index in [1.165, 1.54) is 18.9 Å². The number of nitrogens with zero attached hydrogens (tertiary/aromatic N) is 1. The predicted octanol–water partition coefficient (Wildman–Crippen LogP) is 3.33. The quantitative estimate of drug-likeness (QED) is 0.873. The fourth-order valence-corrected chi connectivity index (χ4v) is 2.14. The molecule has 0 aliphatic carbocycles. The molecule has 0 radical (unpaired) electrons. The van der Waals surface area contributed by atoms with Crippen molar-refractivity contribution in [2.45, 2.75) is 6.92 Å². The average Bonchev–Trinajstić information content (AvgIpc) is 2.61. The molecule has 0 spiro atoms. The highest BCUT2D eigenvalue weighted by Crippen LogP contribution is 2.29. The third-order valence-electron chi connectivity index (χ3n) is 3.64. The second-order valence-corrected chi connectivity index (χ2v) is 5.27. The van der Waals surface area contributed by atoms with Crippen LogP contribution in [0, 0.1) is 0 Å². The van der Waals surface area contributed by atoms with Crippen LogP contribution in [0.5, 0.6) is 11.5 Å². The third-order valence-corrected chi connectivity index (χ3v) is 3.64. The Hall–Kier alpha value is -3.22. The molecular weight excluding hydrogens is 322 g/mol. The fraction of sp³-hybridized carbons (Fsp3) is 0.222. The Morgan fingerprint density at radius 2 is 1.64 bits per heavy atom. The molecule has 0 aliphatic rings. The average molecular weight is 343 g/mol. The summed E-state index contributed by atoms with van der Waals surface area (Å²) in [7, 11) is 4.76. The lowest BCUT2D eigenvalue weighted by molar-refractivity contribution is -0.116. The maximum Gasteiger partial charge on any atom is 0.323 e. The van der Waals surface area contributed by atoms with Crippen LogP contribution in [0.2, 0.25) is 0 Å². The van der Waals surface area contributed by atoms with Crippen molar-refractivity contribution in [3.05, 3.63) is 42.5 Å². The second kappa shape index (κ2) is 8.05. The van der Waals surface area contributed by atoms with E-state index in [0.29, 0.717) is 22.9 Å². The number of hydrogen-bond donors (Lipinski definition) is 2. The lowest BCUT2D eigenvalue weighted by Crippen LogP contribution is -2.23. The summed E-state index contributed by atoms with van der Waals surface area (Å²) in [6.07, 6.45) is 0. The SMILES string of the molecule is COc1ccc(NC(=O)Nc2ccc(N(C)C(C)=O)cc2)c(OC)c1. The topological polar surface area (TPSA) is 79.9 Å². The highest BCUT2D eigenvalue weighted by Gasteiger charge is 2.10. The molecule has 0 fully saturated rings. The number of urea groups is 1. The van der Waals surface area contributed by atoms with Gasteiger partial charge in [-0.15, -0.1) is 0 Å². The molecule has 3 amide bonds. The van der Waals surface area contributed by atoms with Crippen molar-refractivity contribution >= 4 is 29.0 Å². The van der Waals surface area contributed by atoms with Crippen molar-refractivity contribution in [2.24, 2.45) is 0 Å². The molecular formula is C18H21N3O4. The van der Waals surface area contributed by atoms with E-state index in [-0.39, 0.29) is 5.91 Å². The highest BCUT2D eigenvalue weighted by atomic mass is 16.5. The maximum absolute atomic E-state index is 12.2. The van der Waals surface area contributed by atoms with Crippen LogP contribution in [0.4, 0.5) is 21.9 Å². The van der Waals surface area contributed by atoms with E-state index in [1.54, 1.807) is 56.6 Å². The summed E-state index contributed by atoms with van der Waals surface area (Å²) in [5.74, 6) is 1.06. The van der Waals surface area contributed by atoms with Crippen LogP contribution in [-0.2, 0) is 4.79 Å². The van der Waals surface area contributed by atoms with E-state index in [4.69, 9.17) is 9.47 Å². The first-order chi connectivity index (χ1) is 11.9. The predicted molar refractivity (Wildman–Crippen MR) is 97.7 cm³/mol. The molecule has 2 rings (SSSR count). The third kappa shape index (κ3) is 4.63. The van der Waals surface area contributed by atoms with Crippen molar-refractivity contribution in [3.8, 4) is 11.5 Å².